The number of hydrogen-bond donors (Lipinski definition) is 3. The molecule has 4 aromatic rings. The number of nitrogens with one attached hydrogen (secondary N) is 2. The summed E-state index contributed by atoms with van der Waals surface area (Å²) in [6, 6.07) is 12.6. The predicted octanol–water partition coefficient (Wildman–Crippen LogP) is 2.78. The summed E-state index contributed by atoms with van der Waals surface area (Å²) >= 11 is 0. The fourth-order valence-electron chi connectivity index (χ4n) is 3.14. The van der Waals surface area contributed by atoms with Gasteiger partial charge in [-0.2, -0.15) is 0 Å². The van der Waals surface area contributed by atoms with E-state index in [1.54, 1.807) is 18.6 Å². The number of benzene rings is 1. The Kier molecular flexibility index (Phi) is 4.26. The van der Waals surface area contributed by atoms with Crippen LogP contribution in [0.5, 0.6) is 11.5 Å². The Morgan fingerprint density at radius 1 is 1.00 bits per heavy atom. The maximum Gasteiger partial charge on any atom is 0.231 e. The molecule has 1 aliphatic heterocycles. The van der Waals surface area contributed by atoms with Crippen molar-refractivity contribution in [2.75, 3.05) is 12.1 Å². The van der Waals surface area contributed by atoms with Gasteiger partial charge in [-0.25, -0.2) is 0 Å². The highest BCUT2D eigenvalue weighted by Crippen LogP contribution is 2.35. The average molecular weight is 387 g/mol. The van der Waals surface area contributed by atoms with E-state index >= 15 is 0 Å². The number of hydrogen-bond acceptors (Lipinski definition) is 8. The third-order valence-electron chi connectivity index (χ3n) is 4.58. The van der Waals surface area contributed by atoms with Crippen molar-refractivity contribution in [3.63, 3.8) is 0 Å². The molecule has 1 atom stereocenters. The van der Waals surface area contributed by atoms with E-state index < -0.39 is 6.04 Å². The second kappa shape index (κ2) is 7.21. The van der Waals surface area contributed by atoms with Gasteiger partial charge in [0.1, 0.15) is 0 Å². The minimum absolute atomic E-state index is 0.229. The van der Waals surface area contributed by atoms with Crippen molar-refractivity contribution in [3.8, 4) is 22.9 Å². The number of H-pyrrole nitrogens is 1. The molecule has 0 amide bonds. The largest absolute Gasteiger partial charge is 0.454 e. The van der Waals surface area contributed by atoms with Gasteiger partial charge in [0, 0.05) is 35.9 Å². The van der Waals surface area contributed by atoms with Crippen LogP contribution in [-0.2, 0) is 0 Å². The zero-order chi connectivity index (χ0) is 19.6. The van der Waals surface area contributed by atoms with Gasteiger partial charge in [0.2, 0.25) is 12.7 Å². The van der Waals surface area contributed by atoms with Crippen LogP contribution in [0.25, 0.3) is 11.4 Å². The third kappa shape index (κ3) is 3.34. The molecule has 3 aromatic heterocycles. The molecule has 9 nitrogen and oxygen atoms in total. The van der Waals surface area contributed by atoms with Crippen LogP contribution < -0.4 is 20.5 Å². The Hall–Kier alpha value is -3.98. The van der Waals surface area contributed by atoms with Crippen LogP contribution in [0.15, 0.2) is 61.1 Å². The second-order valence-electron chi connectivity index (χ2n) is 6.41. The summed E-state index contributed by atoms with van der Waals surface area (Å²) < 4.78 is 10.7. The number of aromatic amines is 1. The van der Waals surface area contributed by atoms with Crippen LogP contribution in [-0.4, -0.2) is 31.9 Å². The van der Waals surface area contributed by atoms with Gasteiger partial charge in [-0.1, -0.05) is 0 Å². The topological polar surface area (TPSA) is 124 Å². The number of ether oxygens (including phenoxy) is 2. The number of nitrogens with zero attached hydrogens (tertiary/aromatic N) is 4. The average Bonchev–Trinajstić information content (AvgIpc) is 3.43. The fourth-order valence-corrected chi connectivity index (χ4v) is 3.14. The van der Waals surface area contributed by atoms with Crippen LogP contribution >= 0.6 is 0 Å². The molecule has 1 aromatic carbocycles. The Morgan fingerprint density at radius 2 is 1.86 bits per heavy atom. The van der Waals surface area contributed by atoms with E-state index in [1.807, 2.05) is 42.5 Å². The first-order chi connectivity index (χ1) is 14.3. The standard InChI is InChI=1S/C20H17N7O2/c21-17(12-5-8-22-9-6-12)18-14(2-1-7-23-18)19-25-20(27-26-19)24-13-3-4-15-16(10-13)29-11-28-15/h1-10,17H,11,21H2,(H2,24,25,26,27). The zero-order valence-corrected chi connectivity index (χ0v) is 15.2. The molecule has 0 bridgehead atoms. The molecule has 0 aliphatic carbocycles. The van der Waals surface area contributed by atoms with E-state index in [-0.39, 0.29) is 6.79 Å². The lowest BCUT2D eigenvalue weighted by Crippen LogP contribution is -2.15. The summed E-state index contributed by atoms with van der Waals surface area (Å²) in [5, 5.41) is 11.6. The zero-order valence-electron chi connectivity index (χ0n) is 15.2. The quantitative estimate of drug-likeness (QED) is 0.477. The van der Waals surface area contributed by atoms with Gasteiger partial charge in [0.25, 0.3) is 0 Å². The van der Waals surface area contributed by atoms with Gasteiger partial charge in [-0.3, -0.25) is 9.97 Å². The van der Waals surface area contributed by atoms with E-state index in [1.165, 1.54) is 0 Å². The molecule has 9 heteroatoms. The van der Waals surface area contributed by atoms with Crippen LogP contribution in [0.1, 0.15) is 17.3 Å². The molecule has 4 N–H and O–H groups in total. The van der Waals surface area contributed by atoms with Crippen molar-refractivity contribution < 1.29 is 9.47 Å². The van der Waals surface area contributed by atoms with Crippen molar-refractivity contribution in [1.29, 1.82) is 0 Å². The van der Waals surface area contributed by atoms with Crippen LogP contribution in [0.3, 0.4) is 0 Å². The van der Waals surface area contributed by atoms with Gasteiger partial charge >= 0.3 is 0 Å². The van der Waals surface area contributed by atoms with Crippen LogP contribution in [0, 0.1) is 0 Å². The van der Waals surface area contributed by atoms with E-state index in [9.17, 15) is 0 Å². The first-order valence-electron chi connectivity index (χ1n) is 8.98. The van der Waals surface area contributed by atoms with E-state index in [2.05, 4.69) is 30.5 Å². The first kappa shape index (κ1) is 17.1. The molecule has 4 heterocycles. The molecule has 0 radical (unpaired) electrons. The summed E-state index contributed by atoms with van der Waals surface area (Å²) in [6.45, 7) is 0.229. The van der Waals surface area contributed by atoms with Gasteiger partial charge in [0.05, 0.1) is 11.7 Å². The number of aromatic nitrogens is 5. The van der Waals surface area contributed by atoms with Crippen molar-refractivity contribution in [2.45, 2.75) is 6.04 Å². The molecule has 0 saturated heterocycles. The number of anilines is 2. The molecule has 5 rings (SSSR count). The van der Waals surface area contributed by atoms with Crippen molar-refractivity contribution >= 4 is 11.6 Å². The van der Waals surface area contributed by atoms with Gasteiger partial charge < -0.3 is 25.5 Å². The molecule has 144 valence electrons. The van der Waals surface area contributed by atoms with E-state index in [0.717, 1.165) is 22.6 Å². The lowest BCUT2D eigenvalue weighted by molar-refractivity contribution is 0.174. The summed E-state index contributed by atoms with van der Waals surface area (Å²) in [6.07, 6.45) is 5.13. The van der Waals surface area contributed by atoms with E-state index in [4.69, 9.17) is 15.2 Å². The summed E-state index contributed by atoms with van der Waals surface area (Å²) in [4.78, 5) is 11.7. The van der Waals surface area contributed by atoms with Crippen LogP contribution in [0.4, 0.5) is 11.6 Å². The Morgan fingerprint density at radius 3 is 2.76 bits per heavy atom. The normalized spacial score (nSPS) is 13.3. The van der Waals surface area contributed by atoms with E-state index in [0.29, 0.717) is 23.2 Å². The molecule has 29 heavy (non-hydrogen) atoms. The van der Waals surface area contributed by atoms with Gasteiger partial charge in [-0.05, 0) is 42.0 Å². The number of rotatable bonds is 5. The molecule has 0 spiro atoms. The highest BCUT2D eigenvalue weighted by atomic mass is 16.7. The number of pyridine rings is 2. The fraction of sp³-hybridized carbons (Fsp3) is 0.100. The monoisotopic (exact) mass is 387 g/mol. The Labute approximate surface area is 165 Å². The summed E-state index contributed by atoms with van der Waals surface area (Å²) in [5.74, 6) is 2.47. The molecule has 0 fully saturated rings. The highest BCUT2D eigenvalue weighted by Gasteiger charge is 2.19. The van der Waals surface area contributed by atoms with Gasteiger partial charge in [0.15, 0.2) is 17.3 Å². The third-order valence-corrected chi connectivity index (χ3v) is 4.58. The first-order valence-corrected chi connectivity index (χ1v) is 8.98. The Balaban J connectivity index is 1.42. The van der Waals surface area contributed by atoms with Crippen molar-refractivity contribution in [2.24, 2.45) is 5.73 Å². The van der Waals surface area contributed by atoms with Crippen LogP contribution in [0.2, 0.25) is 0 Å². The summed E-state index contributed by atoms with van der Waals surface area (Å²) in [5.41, 5.74) is 9.64. The van der Waals surface area contributed by atoms with Gasteiger partial charge in [-0.15, -0.1) is 10.2 Å². The highest BCUT2D eigenvalue weighted by molar-refractivity contribution is 5.64. The SMILES string of the molecule is NC(c1ccncc1)c1ncccc1-c1nnc(Nc2ccc3c(c2)OCO3)[nH]1. The maximum atomic E-state index is 6.44. The molecule has 0 saturated carbocycles. The molecular weight excluding hydrogens is 370 g/mol. The lowest BCUT2D eigenvalue weighted by atomic mass is 10.0. The Bertz CT molecular complexity index is 1150. The smallest absolute Gasteiger partial charge is 0.231 e. The molecular formula is C20H17N7O2. The minimum Gasteiger partial charge on any atom is -0.454 e. The number of fused-ring (bicyclic) bond motifs is 1. The predicted molar refractivity (Wildman–Crippen MR) is 106 cm³/mol. The van der Waals surface area contributed by atoms with Crippen molar-refractivity contribution in [3.05, 3.63) is 72.3 Å². The van der Waals surface area contributed by atoms with Crippen molar-refractivity contribution in [1.82, 2.24) is 25.1 Å². The molecule has 1 unspecified atom stereocenters. The molecule has 1 aliphatic rings. The lowest BCUT2D eigenvalue weighted by Gasteiger charge is -2.14. The minimum atomic E-state index is -0.412. The maximum absolute atomic E-state index is 6.44. The number of nitrogens with two attached hydrogens (primary N) is 1. The summed E-state index contributed by atoms with van der Waals surface area (Å²) in [7, 11) is 0. The second-order valence-corrected chi connectivity index (χ2v) is 6.41.